The van der Waals surface area contributed by atoms with Crippen molar-refractivity contribution >= 4 is 11.6 Å². The van der Waals surface area contributed by atoms with E-state index in [2.05, 4.69) is 55.5 Å². The van der Waals surface area contributed by atoms with Crippen molar-refractivity contribution in [1.82, 2.24) is 15.1 Å². The van der Waals surface area contributed by atoms with E-state index in [9.17, 15) is 0 Å². The Kier molecular flexibility index (Phi) is 4.84. The van der Waals surface area contributed by atoms with Crippen LogP contribution in [-0.2, 0) is 20.0 Å². The first-order chi connectivity index (χ1) is 9.54. The zero-order valence-electron chi connectivity index (χ0n) is 12.6. The van der Waals surface area contributed by atoms with Crippen LogP contribution in [0.1, 0.15) is 42.4 Å². The van der Waals surface area contributed by atoms with Gasteiger partial charge in [-0.25, -0.2) is 0 Å². The number of nitrogens with one attached hydrogen (secondary N) is 1. The molecular weight excluding hydrogens is 270 g/mol. The van der Waals surface area contributed by atoms with E-state index in [0.717, 1.165) is 29.4 Å². The number of rotatable bonds is 5. The minimum atomic E-state index is 0.284. The lowest BCUT2D eigenvalue weighted by molar-refractivity contribution is 0.546. The van der Waals surface area contributed by atoms with Crippen molar-refractivity contribution in [3.8, 4) is 0 Å². The van der Waals surface area contributed by atoms with Gasteiger partial charge >= 0.3 is 0 Å². The van der Waals surface area contributed by atoms with Crippen molar-refractivity contribution in [2.45, 2.75) is 39.8 Å². The molecular formula is C16H22ClN3. The molecule has 108 valence electrons. The Hall–Kier alpha value is -1.32. The maximum Gasteiger partial charge on any atom is 0.0863 e. The predicted molar refractivity (Wildman–Crippen MR) is 84.0 cm³/mol. The molecule has 0 unspecified atom stereocenters. The molecule has 0 aliphatic heterocycles. The molecule has 4 heteroatoms. The molecule has 1 aromatic carbocycles. The molecule has 1 aromatic heterocycles. The summed E-state index contributed by atoms with van der Waals surface area (Å²) in [5, 5.41) is 8.76. The summed E-state index contributed by atoms with van der Waals surface area (Å²) in [6, 6.07) is 8.73. The first-order valence-corrected chi connectivity index (χ1v) is 7.41. The van der Waals surface area contributed by atoms with Crippen molar-refractivity contribution in [2.75, 3.05) is 0 Å². The van der Waals surface area contributed by atoms with Crippen LogP contribution in [0.4, 0.5) is 0 Å². The second kappa shape index (κ2) is 6.42. The van der Waals surface area contributed by atoms with Gasteiger partial charge < -0.3 is 5.32 Å². The maximum atomic E-state index is 6.37. The summed E-state index contributed by atoms with van der Waals surface area (Å²) in [5.41, 5.74) is 4.64. The van der Waals surface area contributed by atoms with Crippen molar-refractivity contribution in [1.29, 1.82) is 0 Å². The van der Waals surface area contributed by atoms with Gasteiger partial charge in [0, 0.05) is 19.6 Å². The third-order valence-corrected chi connectivity index (χ3v) is 4.17. The summed E-state index contributed by atoms with van der Waals surface area (Å²) >= 11 is 6.37. The molecule has 0 spiro atoms. The fourth-order valence-corrected chi connectivity index (χ4v) is 2.80. The third kappa shape index (κ3) is 3.05. The van der Waals surface area contributed by atoms with E-state index in [1.54, 1.807) is 0 Å². The summed E-state index contributed by atoms with van der Waals surface area (Å²) < 4.78 is 1.87. The molecule has 2 rings (SSSR count). The van der Waals surface area contributed by atoms with Gasteiger partial charge in [-0.1, -0.05) is 42.8 Å². The van der Waals surface area contributed by atoms with E-state index >= 15 is 0 Å². The molecule has 0 bridgehead atoms. The predicted octanol–water partition coefficient (Wildman–Crippen LogP) is 3.80. The van der Waals surface area contributed by atoms with Gasteiger partial charge in [0.25, 0.3) is 0 Å². The zero-order chi connectivity index (χ0) is 14.7. The second-order valence-corrected chi connectivity index (χ2v) is 5.52. The van der Waals surface area contributed by atoms with Crippen molar-refractivity contribution < 1.29 is 0 Å². The first-order valence-electron chi connectivity index (χ1n) is 7.03. The van der Waals surface area contributed by atoms with Gasteiger partial charge in [-0.2, -0.15) is 5.10 Å². The van der Waals surface area contributed by atoms with E-state index in [-0.39, 0.29) is 6.04 Å². The third-order valence-electron chi connectivity index (χ3n) is 3.73. The second-order valence-electron chi connectivity index (χ2n) is 5.14. The van der Waals surface area contributed by atoms with Crippen LogP contribution >= 0.6 is 11.6 Å². The van der Waals surface area contributed by atoms with Crippen LogP contribution in [0.15, 0.2) is 24.3 Å². The highest BCUT2D eigenvalue weighted by Gasteiger charge is 2.14. The van der Waals surface area contributed by atoms with Gasteiger partial charge in [-0.15, -0.1) is 0 Å². The highest BCUT2D eigenvalue weighted by molar-refractivity contribution is 6.31. The van der Waals surface area contributed by atoms with Gasteiger partial charge in [-0.05, 0) is 31.4 Å². The number of halogens is 1. The topological polar surface area (TPSA) is 29.9 Å². The van der Waals surface area contributed by atoms with Crippen LogP contribution in [0.2, 0.25) is 5.02 Å². The van der Waals surface area contributed by atoms with E-state index in [4.69, 9.17) is 11.6 Å². The van der Waals surface area contributed by atoms with Crippen LogP contribution in [0.5, 0.6) is 0 Å². The number of aryl methyl sites for hydroxylation is 3. The number of hydrogen-bond acceptors (Lipinski definition) is 2. The standard InChI is InChI=1S/C16H22ClN3/c1-5-14-16(17)15(20(4)19-14)10-18-12(3)13-9-7-6-8-11(13)2/h6-9,12,18H,5,10H2,1-4H3/t12-/m0/s1. The lowest BCUT2D eigenvalue weighted by atomic mass is 10.0. The molecule has 0 saturated carbocycles. The molecule has 3 nitrogen and oxygen atoms in total. The molecule has 0 aliphatic rings. The number of aromatic nitrogens is 2. The van der Waals surface area contributed by atoms with Crippen LogP contribution in [0.3, 0.4) is 0 Å². The molecule has 1 N–H and O–H groups in total. The Morgan fingerprint density at radius 1 is 1.35 bits per heavy atom. The first kappa shape index (κ1) is 15.1. The van der Waals surface area contributed by atoms with E-state index in [1.165, 1.54) is 11.1 Å². The molecule has 0 amide bonds. The minimum Gasteiger partial charge on any atom is -0.305 e. The summed E-state index contributed by atoms with van der Waals surface area (Å²) in [6.45, 7) is 7.10. The van der Waals surface area contributed by atoms with Crippen molar-refractivity contribution in [3.05, 3.63) is 51.8 Å². The van der Waals surface area contributed by atoms with Crippen LogP contribution in [0.25, 0.3) is 0 Å². The summed E-state index contributed by atoms with van der Waals surface area (Å²) in [5.74, 6) is 0. The number of nitrogens with zero attached hydrogens (tertiary/aromatic N) is 2. The highest BCUT2D eigenvalue weighted by Crippen LogP contribution is 2.22. The molecule has 1 atom stereocenters. The van der Waals surface area contributed by atoms with E-state index in [0.29, 0.717) is 0 Å². The number of benzene rings is 1. The lowest BCUT2D eigenvalue weighted by Crippen LogP contribution is -2.20. The van der Waals surface area contributed by atoms with Crippen LogP contribution in [-0.4, -0.2) is 9.78 Å². The quantitative estimate of drug-likeness (QED) is 0.908. The molecule has 0 aliphatic carbocycles. The normalized spacial score (nSPS) is 12.7. The largest absolute Gasteiger partial charge is 0.305 e. The van der Waals surface area contributed by atoms with Crippen LogP contribution < -0.4 is 5.32 Å². The SMILES string of the molecule is CCc1nn(C)c(CN[C@@H](C)c2ccccc2C)c1Cl. The summed E-state index contributed by atoms with van der Waals surface area (Å²) in [7, 11) is 1.94. The van der Waals surface area contributed by atoms with Gasteiger partial charge in [0.05, 0.1) is 16.4 Å². The average molecular weight is 292 g/mol. The van der Waals surface area contributed by atoms with Crippen molar-refractivity contribution in [3.63, 3.8) is 0 Å². The lowest BCUT2D eigenvalue weighted by Gasteiger charge is -2.16. The van der Waals surface area contributed by atoms with Crippen molar-refractivity contribution in [2.24, 2.45) is 7.05 Å². The zero-order valence-corrected chi connectivity index (χ0v) is 13.3. The summed E-state index contributed by atoms with van der Waals surface area (Å²) in [6.07, 6.45) is 0.861. The smallest absolute Gasteiger partial charge is 0.0863 e. The average Bonchev–Trinajstić information content (AvgIpc) is 2.71. The Morgan fingerprint density at radius 3 is 2.65 bits per heavy atom. The van der Waals surface area contributed by atoms with Gasteiger partial charge in [0.2, 0.25) is 0 Å². The monoisotopic (exact) mass is 291 g/mol. The molecule has 0 fully saturated rings. The molecule has 2 aromatic rings. The fraction of sp³-hybridized carbons (Fsp3) is 0.438. The van der Waals surface area contributed by atoms with E-state index < -0.39 is 0 Å². The molecule has 20 heavy (non-hydrogen) atoms. The fourth-order valence-electron chi connectivity index (χ4n) is 2.44. The molecule has 0 saturated heterocycles. The van der Waals surface area contributed by atoms with Gasteiger partial charge in [0.1, 0.15) is 0 Å². The minimum absolute atomic E-state index is 0.284. The maximum absolute atomic E-state index is 6.37. The Bertz CT molecular complexity index is 589. The molecule has 1 heterocycles. The van der Waals surface area contributed by atoms with Gasteiger partial charge in [-0.3, -0.25) is 4.68 Å². The van der Waals surface area contributed by atoms with Crippen LogP contribution in [0, 0.1) is 6.92 Å². The Morgan fingerprint density at radius 2 is 2.05 bits per heavy atom. The van der Waals surface area contributed by atoms with Gasteiger partial charge in [0.15, 0.2) is 0 Å². The highest BCUT2D eigenvalue weighted by atomic mass is 35.5. The van der Waals surface area contributed by atoms with E-state index in [1.807, 2.05) is 11.7 Å². The Labute approximate surface area is 126 Å². The number of hydrogen-bond donors (Lipinski definition) is 1. The summed E-state index contributed by atoms with van der Waals surface area (Å²) in [4.78, 5) is 0. The Balaban J connectivity index is 2.09. The molecule has 0 radical (unpaired) electrons.